The third-order valence-electron chi connectivity index (χ3n) is 3.07. The molecule has 0 fully saturated rings. The molecule has 3 nitrogen and oxygen atoms in total. The van der Waals surface area contributed by atoms with E-state index in [0.29, 0.717) is 12.5 Å². The number of nitrogens with two attached hydrogens (primary N) is 1. The van der Waals surface area contributed by atoms with Gasteiger partial charge in [0.25, 0.3) is 0 Å². The molecular weight excluding hydrogens is 231 g/mol. The van der Waals surface area contributed by atoms with E-state index >= 15 is 0 Å². The van der Waals surface area contributed by atoms with Crippen LogP contribution in [-0.4, -0.2) is 32.1 Å². The summed E-state index contributed by atoms with van der Waals surface area (Å²) in [6.45, 7) is 4.55. The number of halogens is 1. The van der Waals surface area contributed by atoms with Crippen molar-refractivity contribution in [3.63, 3.8) is 0 Å². The molecule has 0 saturated heterocycles. The molecule has 0 aliphatic carbocycles. The fourth-order valence-electron chi connectivity index (χ4n) is 1.76. The highest BCUT2D eigenvalue weighted by Gasteiger charge is 2.07. The summed E-state index contributed by atoms with van der Waals surface area (Å²) in [7, 11) is 3.50. The van der Waals surface area contributed by atoms with Crippen LogP contribution in [0.25, 0.3) is 0 Å². The van der Waals surface area contributed by atoms with Gasteiger partial charge in [-0.1, -0.05) is 13.0 Å². The minimum atomic E-state index is -0.307. The molecule has 0 saturated carbocycles. The van der Waals surface area contributed by atoms with Crippen molar-refractivity contribution in [2.75, 3.05) is 27.2 Å². The Labute approximate surface area is 109 Å². The van der Waals surface area contributed by atoms with E-state index in [4.69, 9.17) is 10.5 Å². The van der Waals surface area contributed by atoms with Crippen LogP contribution >= 0.6 is 0 Å². The van der Waals surface area contributed by atoms with Gasteiger partial charge >= 0.3 is 0 Å². The highest BCUT2D eigenvalue weighted by Crippen LogP contribution is 2.18. The van der Waals surface area contributed by atoms with Crippen LogP contribution < -0.4 is 10.5 Å². The molecule has 1 atom stereocenters. The van der Waals surface area contributed by atoms with Crippen molar-refractivity contribution in [2.45, 2.75) is 19.9 Å². The Morgan fingerprint density at radius 1 is 1.44 bits per heavy atom. The summed E-state index contributed by atoms with van der Waals surface area (Å²) in [5.41, 5.74) is 6.54. The quantitative estimate of drug-likeness (QED) is 0.811. The lowest BCUT2D eigenvalue weighted by molar-refractivity contribution is 0.299. The molecule has 0 bridgehead atoms. The molecule has 0 radical (unpaired) electrons. The van der Waals surface area contributed by atoms with Crippen molar-refractivity contribution >= 4 is 0 Å². The summed E-state index contributed by atoms with van der Waals surface area (Å²) in [4.78, 5) is 2.17. The van der Waals surface area contributed by atoms with E-state index in [-0.39, 0.29) is 11.6 Å². The van der Waals surface area contributed by atoms with Crippen molar-refractivity contribution in [3.05, 3.63) is 29.6 Å². The maximum atomic E-state index is 13.5. The van der Waals surface area contributed by atoms with Crippen LogP contribution in [0.5, 0.6) is 5.75 Å². The van der Waals surface area contributed by atoms with E-state index < -0.39 is 0 Å². The Bertz CT molecular complexity index is 371. The maximum absolute atomic E-state index is 13.5. The second-order valence-corrected chi connectivity index (χ2v) is 4.84. The van der Waals surface area contributed by atoms with Gasteiger partial charge < -0.3 is 15.4 Å². The number of ether oxygens (including phenoxy) is 1. The molecule has 1 rings (SSSR count). The van der Waals surface area contributed by atoms with Crippen molar-refractivity contribution in [3.8, 4) is 5.75 Å². The first-order valence-electron chi connectivity index (χ1n) is 6.27. The molecule has 0 amide bonds. The Balaban J connectivity index is 2.49. The smallest absolute Gasteiger partial charge is 0.165 e. The van der Waals surface area contributed by atoms with Gasteiger partial charge in [-0.15, -0.1) is 0 Å². The third kappa shape index (κ3) is 4.63. The van der Waals surface area contributed by atoms with Crippen molar-refractivity contribution in [1.29, 1.82) is 0 Å². The molecule has 1 aromatic carbocycles. The molecule has 0 spiro atoms. The van der Waals surface area contributed by atoms with Crippen molar-refractivity contribution < 1.29 is 9.13 Å². The van der Waals surface area contributed by atoms with Crippen LogP contribution in [0, 0.1) is 11.7 Å². The maximum Gasteiger partial charge on any atom is 0.165 e. The number of hydrogen-bond acceptors (Lipinski definition) is 3. The highest BCUT2D eigenvalue weighted by atomic mass is 19.1. The molecule has 2 N–H and O–H groups in total. The molecule has 1 aromatic rings. The molecular formula is C14H23FN2O. The summed E-state index contributed by atoms with van der Waals surface area (Å²) in [6.07, 6.45) is 1.06. The van der Waals surface area contributed by atoms with Gasteiger partial charge in [-0.3, -0.25) is 0 Å². The fourth-order valence-corrected chi connectivity index (χ4v) is 1.76. The monoisotopic (exact) mass is 254 g/mol. The van der Waals surface area contributed by atoms with Gasteiger partial charge in [0.15, 0.2) is 11.6 Å². The number of hydrogen-bond donors (Lipinski definition) is 1. The SMILES string of the molecule is COc1ccc(CN(C)CCC(C)CN)cc1F. The van der Waals surface area contributed by atoms with E-state index in [2.05, 4.69) is 11.8 Å². The molecule has 102 valence electrons. The van der Waals surface area contributed by atoms with Crippen LogP contribution in [0.4, 0.5) is 4.39 Å². The normalized spacial score (nSPS) is 12.8. The van der Waals surface area contributed by atoms with Gasteiger partial charge in [0.1, 0.15) is 0 Å². The number of nitrogens with zero attached hydrogens (tertiary/aromatic N) is 1. The van der Waals surface area contributed by atoms with Crippen LogP contribution in [0.2, 0.25) is 0 Å². The zero-order chi connectivity index (χ0) is 13.5. The van der Waals surface area contributed by atoms with Crippen LogP contribution in [-0.2, 0) is 6.54 Å². The average molecular weight is 254 g/mol. The minimum Gasteiger partial charge on any atom is -0.494 e. The zero-order valence-electron chi connectivity index (χ0n) is 11.4. The average Bonchev–Trinajstić information content (AvgIpc) is 2.36. The van der Waals surface area contributed by atoms with Crippen molar-refractivity contribution in [1.82, 2.24) is 4.90 Å². The fraction of sp³-hybridized carbons (Fsp3) is 0.571. The summed E-state index contributed by atoms with van der Waals surface area (Å²) in [5, 5.41) is 0. The molecule has 18 heavy (non-hydrogen) atoms. The number of benzene rings is 1. The molecule has 0 aliphatic rings. The van der Waals surface area contributed by atoms with Gasteiger partial charge in [0.05, 0.1) is 7.11 Å². The molecule has 0 aliphatic heterocycles. The third-order valence-corrected chi connectivity index (χ3v) is 3.07. The Morgan fingerprint density at radius 2 is 2.17 bits per heavy atom. The Kier molecular flexibility index (Phi) is 6.09. The van der Waals surface area contributed by atoms with Crippen molar-refractivity contribution in [2.24, 2.45) is 11.7 Å². The topological polar surface area (TPSA) is 38.5 Å². The predicted molar refractivity (Wildman–Crippen MR) is 72.1 cm³/mol. The first-order valence-corrected chi connectivity index (χ1v) is 6.27. The van der Waals surface area contributed by atoms with Gasteiger partial charge in [0.2, 0.25) is 0 Å². The van der Waals surface area contributed by atoms with E-state index in [1.54, 1.807) is 6.07 Å². The van der Waals surface area contributed by atoms with Crippen LogP contribution in [0.15, 0.2) is 18.2 Å². The number of rotatable bonds is 7. The Hall–Kier alpha value is -1.13. The van der Waals surface area contributed by atoms with E-state index in [0.717, 1.165) is 25.1 Å². The predicted octanol–water partition coefficient (Wildman–Crippen LogP) is 2.25. The minimum absolute atomic E-state index is 0.290. The van der Waals surface area contributed by atoms with Gasteiger partial charge in [0, 0.05) is 6.54 Å². The molecule has 4 heteroatoms. The van der Waals surface area contributed by atoms with Crippen LogP contribution in [0.3, 0.4) is 0 Å². The summed E-state index contributed by atoms with van der Waals surface area (Å²) < 4.78 is 18.4. The van der Waals surface area contributed by atoms with E-state index in [9.17, 15) is 4.39 Å². The lowest BCUT2D eigenvalue weighted by atomic mass is 10.1. The second kappa shape index (κ2) is 7.34. The summed E-state index contributed by atoms with van der Waals surface area (Å²) >= 11 is 0. The molecule has 0 heterocycles. The van der Waals surface area contributed by atoms with Crippen LogP contribution in [0.1, 0.15) is 18.9 Å². The Morgan fingerprint density at radius 3 is 2.72 bits per heavy atom. The molecule has 0 aromatic heterocycles. The van der Waals surface area contributed by atoms with Gasteiger partial charge in [-0.2, -0.15) is 0 Å². The lowest BCUT2D eigenvalue weighted by Crippen LogP contribution is -2.23. The zero-order valence-corrected chi connectivity index (χ0v) is 11.4. The van der Waals surface area contributed by atoms with E-state index in [1.165, 1.54) is 13.2 Å². The largest absolute Gasteiger partial charge is 0.494 e. The van der Waals surface area contributed by atoms with Gasteiger partial charge in [-0.05, 0) is 50.2 Å². The first kappa shape index (κ1) is 14.9. The summed E-state index contributed by atoms with van der Waals surface area (Å²) in [6, 6.07) is 5.09. The molecule has 1 unspecified atom stereocenters. The first-order chi connectivity index (χ1) is 8.56. The lowest BCUT2D eigenvalue weighted by Gasteiger charge is -2.19. The second-order valence-electron chi connectivity index (χ2n) is 4.84. The standard InChI is InChI=1S/C14H23FN2O/c1-11(9-16)6-7-17(2)10-12-4-5-14(18-3)13(15)8-12/h4-5,8,11H,6-7,9-10,16H2,1-3H3. The highest BCUT2D eigenvalue weighted by molar-refractivity contribution is 5.29. The van der Waals surface area contributed by atoms with E-state index in [1.807, 2.05) is 13.1 Å². The summed E-state index contributed by atoms with van der Waals surface area (Å²) in [5.74, 6) is 0.511. The van der Waals surface area contributed by atoms with Gasteiger partial charge in [-0.25, -0.2) is 4.39 Å². The number of methoxy groups -OCH3 is 1.